The Morgan fingerprint density at radius 2 is 2.03 bits per heavy atom. The second kappa shape index (κ2) is 8.92. The maximum absolute atomic E-state index is 13.6. The number of rotatable bonds is 8. The van der Waals surface area contributed by atoms with Gasteiger partial charge in [-0.2, -0.15) is 0 Å². The van der Waals surface area contributed by atoms with Gasteiger partial charge in [-0.25, -0.2) is 4.39 Å². The summed E-state index contributed by atoms with van der Waals surface area (Å²) in [6.45, 7) is 0. The Hall–Kier alpha value is -2.79. The van der Waals surface area contributed by atoms with Gasteiger partial charge in [0.15, 0.2) is 0 Å². The number of aliphatic hydroxyl groups excluding tert-OH is 1. The summed E-state index contributed by atoms with van der Waals surface area (Å²) in [6.07, 6.45) is 12.3. The molecule has 0 spiro atoms. The van der Waals surface area contributed by atoms with Crippen molar-refractivity contribution in [1.29, 1.82) is 0 Å². The summed E-state index contributed by atoms with van der Waals surface area (Å²) in [6, 6.07) is 6.61. The van der Waals surface area contributed by atoms with Gasteiger partial charge in [-0.3, -0.25) is 9.78 Å². The van der Waals surface area contributed by atoms with E-state index in [-0.39, 0.29) is 12.2 Å². The van der Waals surface area contributed by atoms with Crippen LogP contribution >= 0.6 is 0 Å². The summed E-state index contributed by atoms with van der Waals surface area (Å²) in [5.41, 5.74) is 6.41. The molecule has 1 aromatic carbocycles. The number of carboxylic acid groups (broad SMARTS) is 1. The maximum atomic E-state index is 13.6. The van der Waals surface area contributed by atoms with Crippen LogP contribution < -0.4 is 0 Å². The number of aromatic nitrogens is 1. The summed E-state index contributed by atoms with van der Waals surface area (Å²) >= 11 is 0. The lowest BCUT2D eigenvalue weighted by Gasteiger charge is -2.21. The Morgan fingerprint density at radius 3 is 2.73 bits per heavy atom. The third kappa shape index (κ3) is 4.68. The normalized spacial score (nSPS) is 16.6. The minimum atomic E-state index is -0.994. The van der Waals surface area contributed by atoms with Gasteiger partial charge < -0.3 is 10.2 Å². The van der Waals surface area contributed by atoms with Gasteiger partial charge in [0.1, 0.15) is 5.82 Å². The van der Waals surface area contributed by atoms with Crippen LogP contribution in [0.3, 0.4) is 0 Å². The van der Waals surface area contributed by atoms with Crippen LogP contribution in [0.4, 0.5) is 4.39 Å². The van der Waals surface area contributed by atoms with E-state index in [0.29, 0.717) is 18.8 Å². The van der Waals surface area contributed by atoms with E-state index in [1.807, 2.05) is 18.2 Å². The number of hydrogen-bond donors (Lipinski definition) is 2. The Bertz CT molecular complexity index is 990. The monoisotopic (exact) mass is 407 g/mol. The highest BCUT2D eigenvalue weighted by Gasteiger charge is 2.30. The predicted molar refractivity (Wildman–Crippen MR) is 115 cm³/mol. The first-order valence-electron chi connectivity index (χ1n) is 10.6. The molecule has 4 rings (SSSR count). The molecule has 2 N–H and O–H groups in total. The van der Waals surface area contributed by atoms with Crippen LogP contribution in [0.2, 0.25) is 0 Å². The van der Waals surface area contributed by atoms with Crippen molar-refractivity contribution in [3.8, 4) is 11.1 Å². The van der Waals surface area contributed by atoms with Crippen LogP contribution in [-0.4, -0.2) is 27.3 Å². The smallest absolute Gasteiger partial charge is 0.305 e. The Morgan fingerprint density at radius 1 is 1.27 bits per heavy atom. The molecule has 2 aromatic rings. The highest BCUT2D eigenvalue weighted by molar-refractivity contribution is 5.85. The topological polar surface area (TPSA) is 70.4 Å². The Kier molecular flexibility index (Phi) is 6.09. The molecule has 1 aromatic heterocycles. The molecule has 30 heavy (non-hydrogen) atoms. The highest BCUT2D eigenvalue weighted by Crippen LogP contribution is 2.45. The number of hydrogen-bond acceptors (Lipinski definition) is 3. The molecule has 0 unspecified atom stereocenters. The molecular weight excluding hydrogens is 381 g/mol. The Balaban J connectivity index is 1.72. The molecule has 0 amide bonds. The molecule has 4 nitrogen and oxygen atoms in total. The second-order valence-electron chi connectivity index (χ2n) is 8.10. The van der Waals surface area contributed by atoms with E-state index in [0.717, 1.165) is 59.3 Å². The van der Waals surface area contributed by atoms with Crippen molar-refractivity contribution in [1.82, 2.24) is 4.98 Å². The number of aliphatic carboxylic acids is 1. The number of nitrogens with zero attached hydrogens (tertiary/aromatic N) is 1. The first-order chi connectivity index (χ1) is 14.5. The van der Waals surface area contributed by atoms with Crippen LogP contribution in [0.5, 0.6) is 0 Å². The molecule has 2 aliphatic rings. The van der Waals surface area contributed by atoms with Crippen LogP contribution in [0, 0.1) is 5.82 Å². The Labute approximate surface area is 175 Å². The standard InChI is InChI=1S/C25H26FNO3/c26-18-13-11-16(12-14-18)24-20-6-3-4-8-22(20)27-25(17-9-10-17)21(24)7-2-1-5-19(28)15-23(29)30/h2-3,6-7,11-14,17,19,28H,1,4-5,8-10,15H2,(H,29,30)/b7-2+/t19-/m1/s1. The zero-order valence-electron chi connectivity index (χ0n) is 16.9. The van der Waals surface area contributed by atoms with Crippen LogP contribution in [0.25, 0.3) is 23.3 Å². The number of benzene rings is 1. The van der Waals surface area contributed by atoms with E-state index >= 15 is 0 Å². The van der Waals surface area contributed by atoms with E-state index in [1.165, 1.54) is 12.1 Å². The lowest BCUT2D eigenvalue weighted by molar-refractivity contribution is -0.139. The molecule has 0 radical (unpaired) electrons. The van der Waals surface area contributed by atoms with Crippen molar-refractivity contribution in [2.75, 3.05) is 0 Å². The third-order valence-electron chi connectivity index (χ3n) is 5.67. The van der Waals surface area contributed by atoms with Crippen molar-refractivity contribution in [3.63, 3.8) is 0 Å². The van der Waals surface area contributed by atoms with Gasteiger partial charge in [0.05, 0.1) is 18.2 Å². The minimum absolute atomic E-state index is 0.243. The van der Waals surface area contributed by atoms with Crippen molar-refractivity contribution in [2.24, 2.45) is 0 Å². The summed E-state index contributed by atoms with van der Waals surface area (Å²) < 4.78 is 13.6. The third-order valence-corrected chi connectivity index (χ3v) is 5.67. The number of aryl methyl sites for hydroxylation is 1. The maximum Gasteiger partial charge on any atom is 0.305 e. The van der Waals surface area contributed by atoms with Crippen LogP contribution in [0.1, 0.15) is 67.0 Å². The predicted octanol–water partition coefficient (Wildman–Crippen LogP) is 5.35. The van der Waals surface area contributed by atoms with Gasteiger partial charge in [0, 0.05) is 22.7 Å². The average molecular weight is 407 g/mol. The van der Waals surface area contributed by atoms with Crippen molar-refractivity contribution >= 4 is 18.1 Å². The molecule has 1 saturated carbocycles. The van der Waals surface area contributed by atoms with Crippen molar-refractivity contribution in [3.05, 3.63) is 64.7 Å². The minimum Gasteiger partial charge on any atom is -0.481 e. The van der Waals surface area contributed by atoms with E-state index in [2.05, 4.69) is 18.2 Å². The fourth-order valence-electron chi connectivity index (χ4n) is 4.03. The molecule has 0 aliphatic heterocycles. The van der Waals surface area contributed by atoms with Gasteiger partial charge in [0.2, 0.25) is 0 Å². The number of carbonyl (C=O) groups is 1. The number of carboxylic acids is 1. The first-order valence-corrected chi connectivity index (χ1v) is 10.6. The quantitative estimate of drug-likeness (QED) is 0.619. The molecule has 1 heterocycles. The summed E-state index contributed by atoms with van der Waals surface area (Å²) in [7, 11) is 0. The van der Waals surface area contributed by atoms with Crippen LogP contribution in [0.15, 0.2) is 36.4 Å². The molecule has 156 valence electrons. The number of pyridine rings is 1. The molecule has 0 bridgehead atoms. The summed E-state index contributed by atoms with van der Waals surface area (Å²) in [5.74, 6) is -0.798. The van der Waals surface area contributed by atoms with Crippen LogP contribution in [-0.2, 0) is 11.2 Å². The first kappa shape index (κ1) is 20.5. The van der Waals surface area contributed by atoms with E-state index < -0.39 is 12.1 Å². The molecule has 5 heteroatoms. The molecule has 1 atom stereocenters. The van der Waals surface area contributed by atoms with Gasteiger partial charge in [-0.15, -0.1) is 0 Å². The van der Waals surface area contributed by atoms with Crippen molar-refractivity contribution in [2.45, 2.75) is 57.0 Å². The molecular formula is C25H26FNO3. The summed E-state index contributed by atoms with van der Waals surface area (Å²) in [5, 5.41) is 18.6. The van der Waals surface area contributed by atoms with Gasteiger partial charge in [0.25, 0.3) is 0 Å². The van der Waals surface area contributed by atoms with Gasteiger partial charge in [-0.1, -0.05) is 36.4 Å². The van der Waals surface area contributed by atoms with Gasteiger partial charge in [-0.05, 0) is 61.8 Å². The lowest BCUT2D eigenvalue weighted by atomic mass is 9.87. The number of allylic oxidation sites excluding steroid dienone is 2. The lowest BCUT2D eigenvalue weighted by Crippen LogP contribution is -2.12. The molecule has 0 saturated heterocycles. The molecule has 2 aliphatic carbocycles. The fraction of sp³-hybridized carbons (Fsp3) is 0.360. The van der Waals surface area contributed by atoms with E-state index in [1.54, 1.807) is 0 Å². The molecule has 1 fully saturated rings. The number of fused-ring (bicyclic) bond motifs is 1. The SMILES string of the molecule is O=C(O)C[C@H](O)CC/C=C/c1c(C2CC2)nc2c(c1-c1ccc(F)cc1)C=CCC2. The van der Waals surface area contributed by atoms with E-state index in [9.17, 15) is 14.3 Å². The zero-order valence-corrected chi connectivity index (χ0v) is 16.9. The largest absolute Gasteiger partial charge is 0.481 e. The van der Waals surface area contributed by atoms with E-state index in [4.69, 9.17) is 10.1 Å². The van der Waals surface area contributed by atoms with Gasteiger partial charge >= 0.3 is 5.97 Å². The average Bonchev–Trinajstić information content (AvgIpc) is 3.56. The zero-order chi connectivity index (χ0) is 21.1. The number of aliphatic hydroxyl groups is 1. The fourth-order valence-corrected chi connectivity index (χ4v) is 4.03. The van der Waals surface area contributed by atoms with Crippen molar-refractivity contribution < 1.29 is 19.4 Å². The second-order valence-corrected chi connectivity index (χ2v) is 8.10. The summed E-state index contributed by atoms with van der Waals surface area (Å²) in [4.78, 5) is 15.8. The number of halogens is 1. The highest BCUT2D eigenvalue weighted by atomic mass is 19.1.